The zero-order valence-electron chi connectivity index (χ0n) is 13.5. The fourth-order valence-corrected chi connectivity index (χ4v) is 3.32. The predicted molar refractivity (Wildman–Crippen MR) is 101 cm³/mol. The Morgan fingerprint density at radius 3 is 2.35 bits per heavy atom. The molecule has 0 aliphatic heterocycles. The number of hydrogen-bond donors (Lipinski definition) is 2. The highest BCUT2D eigenvalue weighted by atomic mass is 35.5. The van der Waals surface area contributed by atoms with Crippen LogP contribution in [0.5, 0.6) is 0 Å². The quantitative estimate of drug-likeness (QED) is 0.676. The van der Waals surface area contributed by atoms with E-state index >= 15 is 0 Å². The van der Waals surface area contributed by atoms with Crippen LogP contribution in [0.4, 0.5) is 15.8 Å². The first kappa shape index (κ1) is 18.0. The topological polar surface area (TPSA) is 71.1 Å². The maximum absolute atomic E-state index is 13.2. The van der Waals surface area contributed by atoms with Gasteiger partial charge in [0, 0.05) is 16.9 Å². The van der Waals surface area contributed by atoms with Crippen LogP contribution in [0.3, 0.4) is 0 Å². The SMILES string of the molecule is Cc1nc(Cl)sc1C(=O)Nc1cccc(C(=O)Nc2cccc(F)c2)c1. The van der Waals surface area contributed by atoms with Gasteiger partial charge in [-0.3, -0.25) is 9.59 Å². The lowest BCUT2D eigenvalue weighted by molar-refractivity contribution is 0.101. The van der Waals surface area contributed by atoms with E-state index in [4.69, 9.17) is 11.6 Å². The zero-order valence-corrected chi connectivity index (χ0v) is 15.1. The van der Waals surface area contributed by atoms with Crippen LogP contribution < -0.4 is 10.6 Å². The molecule has 2 N–H and O–H groups in total. The molecule has 0 bridgehead atoms. The van der Waals surface area contributed by atoms with E-state index in [1.54, 1.807) is 31.2 Å². The monoisotopic (exact) mass is 389 g/mol. The van der Waals surface area contributed by atoms with Gasteiger partial charge in [-0.1, -0.05) is 35.1 Å². The fraction of sp³-hybridized carbons (Fsp3) is 0.0556. The smallest absolute Gasteiger partial charge is 0.267 e. The second-order valence-corrected chi connectivity index (χ2v) is 6.96. The van der Waals surface area contributed by atoms with E-state index in [1.165, 1.54) is 24.3 Å². The Balaban J connectivity index is 1.74. The van der Waals surface area contributed by atoms with Gasteiger partial charge in [0.1, 0.15) is 10.7 Å². The predicted octanol–water partition coefficient (Wildman–Crippen LogP) is 4.75. The van der Waals surface area contributed by atoms with Crippen LogP contribution in [0.2, 0.25) is 4.47 Å². The Morgan fingerprint density at radius 1 is 1.04 bits per heavy atom. The van der Waals surface area contributed by atoms with E-state index in [2.05, 4.69) is 15.6 Å². The van der Waals surface area contributed by atoms with Crippen molar-refractivity contribution in [2.24, 2.45) is 0 Å². The number of carbonyl (C=O) groups excluding carboxylic acids is 2. The molecule has 5 nitrogen and oxygen atoms in total. The Morgan fingerprint density at radius 2 is 1.69 bits per heavy atom. The van der Waals surface area contributed by atoms with Gasteiger partial charge in [-0.2, -0.15) is 0 Å². The number of benzene rings is 2. The molecule has 132 valence electrons. The number of nitrogens with zero attached hydrogens (tertiary/aromatic N) is 1. The summed E-state index contributed by atoms with van der Waals surface area (Å²) in [5.74, 6) is -1.21. The normalized spacial score (nSPS) is 10.4. The van der Waals surface area contributed by atoms with Crippen molar-refractivity contribution in [3.05, 3.63) is 74.9 Å². The number of halogens is 2. The van der Waals surface area contributed by atoms with E-state index < -0.39 is 11.7 Å². The van der Waals surface area contributed by atoms with E-state index in [9.17, 15) is 14.0 Å². The van der Waals surface area contributed by atoms with Crippen molar-refractivity contribution in [2.75, 3.05) is 10.6 Å². The van der Waals surface area contributed by atoms with Crippen LogP contribution in [-0.2, 0) is 0 Å². The van der Waals surface area contributed by atoms with E-state index in [0.717, 1.165) is 11.3 Å². The van der Waals surface area contributed by atoms with E-state index in [0.29, 0.717) is 27.5 Å². The molecule has 0 radical (unpaired) electrons. The molecule has 8 heteroatoms. The number of carbonyl (C=O) groups is 2. The van der Waals surface area contributed by atoms with Crippen LogP contribution in [0, 0.1) is 12.7 Å². The highest BCUT2D eigenvalue weighted by Crippen LogP contribution is 2.23. The average molecular weight is 390 g/mol. The van der Waals surface area contributed by atoms with E-state index in [-0.39, 0.29) is 10.4 Å². The molecule has 0 atom stereocenters. The summed E-state index contributed by atoms with van der Waals surface area (Å²) in [4.78, 5) is 29.0. The van der Waals surface area contributed by atoms with Gasteiger partial charge in [0.25, 0.3) is 11.8 Å². The first-order valence-corrected chi connectivity index (χ1v) is 8.73. The number of thiazole rings is 1. The summed E-state index contributed by atoms with van der Waals surface area (Å²) in [7, 11) is 0. The first-order valence-electron chi connectivity index (χ1n) is 7.53. The molecule has 1 aromatic heterocycles. The molecule has 0 saturated heterocycles. The lowest BCUT2D eigenvalue weighted by Gasteiger charge is -2.08. The van der Waals surface area contributed by atoms with Crippen LogP contribution in [0.25, 0.3) is 0 Å². The molecule has 26 heavy (non-hydrogen) atoms. The fourth-order valence-electron chi connectivity index (χ4n) is 2.27. The van der Waals surface area contributed by atoms with Crippen LogP contribution in [0.1, 0.15) is 25.7 Å². The minimum absolute atomic E-state index is 0.288. The molecule has 1 heterocycles. The third-order valence-corrected chi connectivity index (χ3v) is 4.70. The van der Waals surface area contributed by atoms with E-state index in [1.807, 2.05) is 0 Å². The van der Waals surface area contributed by atoms with Crippen molar-refractivity contribution in [1.29, 1.82) is 0 Å². The summed E-state index contributed by atoms with van der Waals surface area (Å²) in [6.45, 7) is 1.69. The molecule has 0 aliphatic rings. The van der Waals surface area contributed by atoms with Crippen molar-refractivity contribution in [1.82, 2.24) is 4.98 Å². The van der Waals surface area contributed by atoms with Gasteiger partial charge < -0.3 is 10.6 Å². The number of amides is 2. The van der Waals surface area contributed by atoms with Crippen molar-refractivity contribution in [3.63, 3.8) is 0 Å². The zero-order chi connectivity index (χ0) is 18.7. The lowest BCUT2D eigenvalue weighted by atomic mass is 10.1. The second kappa shape index (κ2) is 7.63. The summed E-state index contributed by atoms with van der Waals surface area (Å²) in [5.41, 5.74) is 1.66. The number of hydrogen-bond acceptors (Lipinski definition) is 4. The molecule has 2 aromatic carbocycles. The first-order chi connectivity index (χ1) is 12.4. The maximum Gasteiger partial charge on any atom is 0.267 e. The van der Waals surface area contributed by atoms with Crippen molar-refractivity contribution >= 4 is 46.1 Å². The van der Waals surface area contributed by atoms with Gasteiger partial charge in [0.2, 0.25) is 0 Å². The molecular formula is C18H13ClFN3O2S. The third-order valence-electron chi connectivity index (χ3n) is 3.44. The largest absolute Gasteiger partial charge is 0.322 e. The highest BCUT2D eigenvalue weighted by molar-refractivity contribution is 7.17. The average Bonchev–Trinajstić information content (AvgIpc) is 2.93. The summed E-state index contributed by atoms with van der Waals surface area (Å²) in [6, 6.07) is 12.0. The molecule has 0 fully saturated rings. The molecule has 0 spiro atoms. The number of aromatic nitrogens is 1. The van der Waals surface area contributed by atoms with Crippen molar-refractivity contribution in [2.45, 2.75) is 6.92 Å². The van der Waals surface area contributed by atoms with Gasteiger partial charge in [0.05, 0.1) is 5.69 Å². The highest BCUT2D eigenvalue weighted by Gasteiger charge is 2.15. The Labute approximate surface area is 157 Å². The Bertz CT molecular complexity index is 990. The summed E-state index contributed by atoms with van der Waals surface area (Å²) < 4.78 is 13.5. The van der Waals surface area contributed by atoms with Gasteiger partial charge in [-0.25, -0.2) is 9.37 Å². The minimum Gasteiger partial charge on any atom is -0.322 e. The van der Waals surface area contributed by atoms with Gasteiger partial charge in [-0.15, -0.1) is 0 Å². The summed E-state index contributed by atoms with van der Waals surface area (Å²) in [5, 5.41) is 5.32. The molecule has 3 rings (SSSR count). The van der Waals surface area contributed by atoms with Gasteiger partial charge in [0.15, 0.2) is 4.47 Å². The summed E-state index contributed by atoms with van der Waals surface area (Å²) in [6.07, 6.45) is 0. The molecule has 2 amide bonds. The number of aryl methyl sites for hydroxylation is 1. The minimum atomic E-state index is -0.442. The Kier molecular flexibility index (Phi) is 5.29. The van der Waals surface area contributed by atoms with Gasteiger partial charge in [-0.05, 0) is 43.3 Å². The summed E-state index contributed by atoms with van der Waals surface area (Å²) >= 11 is 6.90. The molecule has 0 aliphatic carbocycles. The van der Waals surface area contributed by atoms with Crippen LogP contribution in [-0.4, -0.2) is 16.8 Å². The molecule has 0 saturated carbocycles. The molecule has 0 unspecified atom stereocenters. The second-order valence-electron chi connectivity index (χ2n) is 5.38. The van der Waals surface area contributed by atoms with Gasteiger partial charge >= 0.3 is 0 Å². The maximum atomic E-state index is 13.2. The molecular weight excluding hydrogens is 377 g/mol. The Hall–Kier alpha value is -2.77. The third kappa shape index (κ3) is 4.25. The van der Waals surface area contributed by atoms with Crippen LogP contribution >= 0.6 is 22.9 Å². The van der Waals surface area contributed by atoms with Crippen molar-refractivity contribution < 1.29 is 14.0 Å². The standard InChI is InChI=1S/C18H13ClFN3O2S/c1-10-15(26-18(19)21-10)17(25)23-13-6-2-4-11(8-13)16(24)22-14-7-3-5-12(20)9-14/h2-9H,1H3,(H,22,24)(H,23,25). The number of anilines is 2. The number of nitrogens with one attached hydrogen (secondary N) is 2. The lowest BCUT2D eigenvalue weighted by Crippen LogP contribution is -2.14. The number of rotatable bonds is 4. The van der Waals surface area contributed by atoms with Crippen molar-refractivity contribution in [3.8, 4) is 0 Å². The molecule has 3 aromatic rings. The van der Waals surface area contributed by atoms with Crippen LogP contribution in [0.15, 0.2) is 48.5 Å².